The van der Waals surface area contributed by atoms with Crippen molar-refractivity contribution in [2.24, 2.45) is 0 Å². The van der Waals surface area contributed by atoms with E-state index in [-0.39, 0.29) is 0 Å². The molecule has 7 aromatic heterocycles. The van der Waals surface area contributed by atoms with Crippen molar-refractivity contribution in [1.29, 1.82) is 0 Å². The molecule has 0 aliphatic carbocycles. The average Bonchev–Trinajstić information content (AvgIpc) is 1.59. The van der Waals surface area contributed by atoms with E-state index in [4.69, 9.17) is 34.9 Å². The molecule has 11 nitrogen and oxygen atoms in total. The molecule has 0 amide bonds. The predicted octanol–water partition coefficient (Wildman–Crippen LogP) is 27.7. The maximum absolute atomic E-state index is 5.23. The summed E-state index contributed by atoms with van der Waals surface area (Å²) in [6.45, 7) is 0. The first-order chi connectivity index (χ1) is 60.5. The zero-order valence-corrected chi connectivity index (χ0v) is 65.9. The molecule has 570 valence electrons. The van der Waals surface area contributed by atoms with Gasteiger partial charge in [0.05, 0.1) is 66.9 Å². The van der Waals surface area contributed by atoms with Crippen LogP contribution in [-0.4, -0.2) is 53.2 Å². The van der Waals surface area contributed by atoms with Gasteiger partial charge in [0.15, 0.2) is 17.5 Å². The lowest BCUT2D eigenvalue weighted by atomic mass is 10.0. The van der Waals surface area contributed by atoms with Gasteiger partial charge in [-0.2, -0.15) is 0 Å². The molecule has 0 N–H and O–H groups in total. The summed E-state index contributed by atoms with van der Waals surface area (Å²) >= 11 is 0. The summed E-state index contributed by atoms with van der Waals surface area (Å²) in [5, 5.41) is 11.9. The maximum atomic E-state index is 5.23. The third kappa shape index (κ3) is 12.6. The van der Waals surface area contributed by atoms with Gasteiger partial charge in [-0.1, -0.05) is 309 Å². The van der Waals surface area contributed by atoms with E-state index in [1.165, 1.54) is 54.5 Å². The average molecular weight is 1560 g/mol. The smallest absolute Gasteiger partial charge is 0.235 e. The summed E-state index contributed by atoms with van der Waals surface area (Å²) in [7, 11) is 0. The first-order valence-corrected chi connectivity index (χ1v) is 41.1. The number of nitrogens with zero attached hydrogens (tertiary/aromatic N) is 11. The van der Waals surface area contributed by atoms with Crippen LogP contribution in [0.2, 0.25) is 0 Å². The molecule has 24 aromatic rings. The Kier molecular flexibility index (Phi) is 17.3. The van der Waals surface area contributed by atoms with Crippen LogP contribution in [0.1, 0.15) is 0 Å². The van der Waals surface area contributed by atoms with Crippen LogP contribution in [0.15, 0.2) is 431 Å². The lowest BCUT2D eigenvalue weighted by molar-refractivity contribution is 0.995. The molecule has 17 aromatic carbocycles. The molecular formula is C111H71N11. The highest BCUT2D eigenvalue weighted by atomic mass is 15.2. The second-order valence-electron chi connectivity index (χ2n) is 30.8. The minimum Gasteiger partial charge on any atom is -0.309 e. The Morgan fingerprint density at radius 2 is 0.385 bits per heavy atom. The van der Waals surface area contributed by atoms with Crippen molar-refractivity contribution in [1.82, 2.24) is 53.2 Å². The van der Waals surface area contributed by atoms with Gasteiger partial charge in [-0.05, 0) is 154 Å². The van der Waals surface area contributed by atoms with Crippen LogP contribution >= 0.6 is 0 Å². The Morgan fingerprint density at radius 1 is 0.139 bits per heavy atom. The second-order valence-corrected chi connectivity index (χ2v) is 30.8. The van der Waals surface area contributed by atoms with Crippen LogP contribution in [0.3, 0.4) is 0 Å². The van der Waals surface area contributed by atoms with E-state index in [1.807, 2.05) is 84.9 Å². The van der Waals surface area contributed by atoms with Crippen molar-refractivity contribution in [2.45, 2.75) is 0 Å². The summed E-state index contributed by atoms with van der Waals surface area (Å²) in [5.41, 5.74) is 26.2. The summed E-state index contributed by atoms with van der Waals surface area (Å²) in [6, 6.07) is 151. The normalized spacial score (nSPS) is 11.6. The largest absolute Gasteiger partial charge is 0.309 e. The molecule has 0 fully saturated rings. The van der Waals surface area contributed by atoms with Crippen molar-refractivity contribution in [3.63, 3.8) is 0 Å². The SMILES string of the molecule is c1ccc(-c2cc(-c3ccccc3)nc(-n3c4ccccc4c4cc(-c5ccc6c(c5)c5ccccc5n6-c5nc(-c6ccccc6)cc(-c6ccccc6)n5)ccc43)n2)cc1.c1ccc(-c2nc(-c3ccccc3)nc(-c3ccc(-n4c5ccccc5c5cc(-c6ccc7c(c6)c6ccccc6n7-c6ccc7ccccc7c6)ccc54)cc3)n2)cc1. The first-order valence-electron chi connectivity index (χ1n) is 41.1. The van der Waals surface area contributed by atoms with Gasteiger partial charge in [0.25, 0.3) is 0 Å². The Hall–Kier alpha value is -16.6. The van der Waals surface area contributed by atoms with E-state index in [0.29, 0.717) is 29.4 Å². The van der Waals surface area contributed by atoms with E-state index >= 15 is 0 Å². The predicted molar refractivity (Wildman–Crippen MR) is 501 cm³/mol. The minimum absolute atomic E-state index is 0.632. The van der Waals surface area contributed by atoms with E-state index in [9.17, 15) is 0 Å². The molecule has 0 saturated carbocycles. The number of hydrogen-bond acceptors (Lipinski definition) is 7. The Morgan fingerprint density at radius 3 is 0.730 bits per heavy atom. The van der Waals surface area contributed by atoms with Crippen LogP contribution < -0.4 is 0 Å². The molecule has 0 saturated heterocycles. The van der Waals surface area contributed by atoms with Crippen molar-refractivity contribution >= 4 is 98.0 Å². The highest BCUT2D eigenvalue weighted by molar-refractivity contribution is 6.15. The summed E-state index contributed by atoms with van der Waals surface area (Å²) in [6.07, 6.45) is 0. The zero-order chi connectivity index (χ0) is 80.6. The quantitative estimate of drug-likeness (QED) is 0.113. The van der Waals surface area contributed by atoms with E-state index in [0.717, 1.165) is 139 Å². The molecule has 0 aliphatic rings. The molecular weight excluding hydrogens is 1490 g/mol. The number of fused-ring (bicyclic) bond motifs is 13. The highest BCUT2D eigenvalue weighted by Gasteiger charge is 2.24. The van der Waals surface area contributed by atoms with Gasteiger partial charge in [0, 0.05) is 93.4 Å². The minimum atomic E-state index is 0.632. The third-order valence-electron chi connectivity index (χ3n) is 23.5. The zero-order valence-electron chi connectivity index (χ0n) is 65.9. The lowest BCUT2D eigenvalue weighted by Gasteiger charge is -2.12. The van der Waals surface area contributed by atoms with Crippen LogP contribution in [0, 0.1) is 0 Å². The topological polar surface area (TPSA) is 110 Å². The van der Waals surface area contributed by atoms with Crippen LogP contribution in [0.5, 0.6) is 0 Å². The van der Waals surface area contributed by atoms with Gasteiger partial charge < -0.3 is 9.13 Å². The van der Waals surface area contributed by atoms with Gasteiger partial charge in [0.1, 0.15) is 0 Å². The van der Waals surface area contributed by atoms with Crippen LogP contribution in [-0.2, 0) is 0 Å². The maximum Gasteiger partial charge on any atom is 0.235 e. The standard InChI is InChI=1S/C56H36N6.C55H35N5/c1-5-17-37(18-6-1)47-35-48(38-19-7-2-8-20-38)58-55(57-47)61-51-27-15-13-25-43(51)45-33-41(29-31-53(45)61)42-30-32-54-46(34-42)44-26-14-16-28-52(44)62(54)56-59-49(39-21-9-3-10-22-39)36-50(60-56)40-23-11-4-12-24-40;1-3-14-37(15-4-1)53-56-54(38-16-5-2-6-17-38)58-55(57-53)39-24-28-43(29-25-39)59-49-21-11-9-19-45(49)47-34-41(26-31-51(47)59)42-27-32-52-48(35-42)46-20-10-12-22-50(46)60(52)44-30-23-36-13-7-8-18-40(36)33-44/h1-36H;1-35H. The molecule has 0 spiro atoms. The molecule has 0 atom stereocenters. The van der Waals surface area contributed by atoms with Gasteiger partial charge in [-0.15, -0.1) is 0 Å². The molecule has 0 radical (unpaired) electrons. The van der Waals surface area contributed by atoms with Gasteiger partial charge in [0.2, 0.25) is 11.9 Å². The van der Waals surface area contributed by atoms with Crippen molar-refractivity contribution < 1.29 is 0 Å². The second kappa shape index (κ2) is 29.8. The molecule has 11 heteroatoms. The molecule has 7 heterocycles. The number of rotatable bonds is 13. The van der Waals surface area contributed by atoms with E-state index in [2.05, 4.69) is 364 Å². The number of para-hydroxylation sites is 4. The van der Waals surface area contributed by atoms with Crippen molar-refractivity contribution in [2.75, 3.05) is 0 Å². The Labute approximate surface area is 702 Å². The van der Waals surface area contributed by atoms with E-state index in [1.54, 1.807) is 0 Å². The summed E-state index contributed by atoms with van der Waals surface area (Å²) in [4.78, 5) is 35.7. The summed E-state index contributed by atoms with van der Waals surface area (Å²) in [5.74, 6) is 3.20. The number of hydrogen-bond donors (Lipinski definition) is 0. The van der Waals surface area contributed by atoms with Crippen LogP contribution in [0.4, 0.5) is 0 Å². The fourth-order valence-electron chi connectivity index (χ4n) is 17.7. The Balaban J connectivity index is 0.000000142. The van der Waals surface area contributed by atoms with Crippen molar-refractivity contribution in [3.8, 4) is 125 Å². The lowest BCUT2D eigenvalue weighted by Crippen LogP contribution is -2.04. The fraction of sp³-hybridized carbons (Fsp3) is 0. The van der Waals surface area contributed by atoms with Gasteiger partial charge >= 0.3 is 0 Å². The van der Waals surface area contributed by atoms with Crippen LogP contribution in [0.25, 0.3) is 223 Å². The van der Waals surface area contributed by atoms with Gasteiger partial charge in [-0.3, -0.25) is 9.13 Å². The summed E-state index contributed by atoms with van der Waals surface area (Å²) < 4.78 is 9.17. The van der Waals surface area contributed by atoms with Gasteiger partial charge in [-0.25, -0.2) is 34.9 Å². The monoisotopic (exact) mass is 1560 g/mol. The highest BCUT2D eigenvalue weighted by Crippen LogP contribution is 2.43. The Bertz CT molecular complexity index is 7750. The molecule has 0 bridgehead atoms. The number of benzene rings is 17. The third-order valence-corrected chi connectivity index (χ3v) is 23.5. The molecule has 0 aliphatic heterocycles. The van der Waals surface area contributed by atoms with E-state index < -0.39 is 0 Å². The molecule has 0 unspecified atom stereocenters. The van der Waals surface area contributed by atoms with Crippen molar-refractivity contribution in [3.05, 3.63) is 431 Å². The molecule has 24 rings (SSSR count). The fourth-order valence-corrected chi connectivity index (χ4v) is 17.7. The first kappa shape index (κ1) is 70.8. The number of aromatic nitrogens is 11. The molecule has 122 heavy (non-hydrogen) atoms.